The summed E-state index contributed by atoms with van der Waals surface area (Å²) in [4.78, 5) is 25.3. The lowest BCUT2D eigenvalue weighted by Crippen LogP contribution is -2.30. The Kier molecular flexibility index (Phi) is 3.96. The van der Waals surface area contributed by atoms with Crippen molar-refractivity contribution < 1.29 is 9.59 Å². The maximum atomic E-state index is 12.1. The van der Waals surface area contributed by atoms with E-state index in [1.165, 1.54) is 0 Å². The number of hydrogen-bond donors (Lipinski definition) is 1. The van der Waals surface area contributed by atoms with Gasteiger partial charge in [0.1, 0.15) is 0 Å². The van der Waals surface area contributed by atoms with Gasteiger partial charge in [-0.3, -0.25) is 9.59 Å². The Labute approximate surface area is 129 Å². The molecule has 114 valence electrons. The van der Waals surface area contributed by atoms with Gasteiger partial charge in [0.2, 0.25) is 5.91 Å². The lowest BCUT2D eigenvalue weighted by Gasteiger charge is -2.11. The van der Waals surface area contributed by atoms with E-state index in [2.05, 4.69) is 5.32 Å². The molecular weight excluding hydrogens is 278 g/mol. The molecule has 2 heterocycles. The van der Waals surface area contributed by atoms with Crippen LogP contribution in [0.4, 0.5) is 0 Å². The molecule has 0 saturated carbocycles. The molecule has 1 saturated heterocycles. The first-order valence-corrected chi connectivity index (χ1v) is 7.39. The van der Waals surface area contributed by atoms with Crippen molar-refractivity contribution in [3.05, 3.63) is 54.4 Å². The van der Waals surface area contributed by atoms with Crippen molar-refractivity contribution in [1.82, 2.24) is 14.8 Å². The summed E-state index contributed by atoms with van der Waals surface area (Å²) in [6.07, 6.45) is 4.44. The second-order valence-corrected chi connectivity index (χ2v) is 5.69. The summed E-state index contributed by atoms with van der Waals surface area (Å²) in [6.45, 7) is 1.25. The standard InChI is InChI=1S/C17H19N3O2/c1-19-12-13(10-16(19)21)11-18-17(22)14-4-6-15(7-5-14)20-8-2-3-9-20/h2-9,13H,10-12H2,1H3,(H,18,22). The van der Waals surface area contributed by atoms with E-state index in [-0.39, 0.29) is 17.7 Å². The average Bonchev–Trinajstić information content (AvgIpc) is 3.16. The second-order valence-electron chi connectivity index (χ2n) is 5.69. The summed E-state index contributed by atoms with van der Waals surface area (Å²) in [6, 6.07) is 11.4. The van der Waals surface area contributed by atoms with E-state index in [4.69, 9.17) is 0 Å². The normalized spacial score (nSPS) is 17.8. The predicted molar refractivity (Wildman–Crippen MR) is 83.8 cm³/mol. The fourth-order valence-electron chi connectivity index (χ4n) is 2.72. The van der Waals surface area contributed by atoms with Gasteiger partial charge in [-0.15, -0.1) is 0 Å². The summed E-state index contributed by atoms with van der Waals surface area (Å²) in [5.41, 5.74) is 1.65. The average molecular weight is 297 g/mol. The van der Waals surface area contributed by atoms with Crippen molar-refractivity contribution in [1.29, 1.82) is 0 Å². The van der Waals surface area contributed by atoms with E-state index in [0.717, 1.165) is 5.69 Å². The molecule has 1 N–H and O–H groups in total. The lowest BCUT2D eigenvalue weighted by molar-refractivity contribution is -0.126. The fraction of sp³-hybridized carbons (Fsp3) is 0.294. The first kappa shape index (κ1) is 14.4. The van der Waals surface area contributed by atoms with Crippen LogP contribution in [-0.4, -0.2) is 41.4 Å². The van der Waals surface area contributed by atoms with Gasteiger partial charge in [0.15, 0.2) is 0 Å². The van der Waals surface area contributed by atoms with Crippen molar-refractivity contribution in [2.75, 3.05) is 20.1 Å². The van der Waals surface area contributed by atoms with Gasteiger partial charge in [0.25, 0.3) is 5.91 Å². The van der Waals surface area contributed by atoms with Crippen LogP contribution in [-0.2, 0) is 4.79 Å². The lowest BCUT2D eigenvalue weighted by atomic mass is 10.1. The molecule has 1 aliphatic heterocycles. The third-order valence-corrected chi connectivity index (χ3v) is 4.00. The maximum Gasteiger partial charge on any atom is 0.251 e. The SMILES string of the molecule is CN1CC(CNC(=O)c2ccc(-n3cccc3)cc2)CC1=O. The molecule has 5 heteroatoms. The highest BCUT2D eigenvalue weighted by Gasteiger charge is 2.26. The molecule has 5 nitrogen and oxygen atoms in total. The molecule has 1 aromatic heterocycles. The zero-order chi connectivity index (χ0) is 15.5. The van der Waals surface area contributed by atoms with Crippen LogP contribution >= 0.6 is 0 Å². The zero-order valence-electron chi connectivity index (χ0n) is 12.5. The quantitative estimate of drug-likeness (QED) is 0.933. The number of nitrogens with one attached hydrogen (secondary N) is 1. The van der Waals surface area contributed by atoms with Gasteiger partial charge in [-0.25, -0.2) is 0 Å². The Morgan fingerprint density at radius 2 is 1.91 bits per heavy atom. The Balaban J connectivity index is 1.57. The number of amides is 2. The smallest absolute Gasteiger partial charge is 0.251 e. The van der Waals surface area contributed by atoms with Crippen LogP contribution in [0.3, 0.4) is 0 Å². The van der Waals surface area contributed by atoms with Crippen LogP contribution in [0.25, 0.3) is 5.69 Å². The fourth-order valence-corrected chi connectivity index (χ4v) is 2.72. The summed E-state index contributed by atoms with van der Waals surface area (Å²) in [5, 5.41) is 2.91. The van der Waals surface area contributed by atoms with Gasteiger partial charge >= 0.3 is 0 Å². The molecule has 1 aromatic carbocycles. The molecule has 1 unspecified atom stereocenters. The van der Waals surface area contributed by atoms with E-state index in [1.807, 2.05) is 53.4 Å². The Morgan fingerprint density at radius 3 is 2.50 bits per heavy atom. The minimum absolute atomic E-state index is 0.0962. The summed E-state index contributed by atoms with van der Waals surface area (Å²) in [7, 11) is 1.80. The van der Waals surface area contributed by atoms with Gasteiger partial charge in [-0.1, -0.05) is 0 Å². The zero-order valence-corrected chi connectivity index (χ0v) is 12.5. The van der Waals surface area contributed by atoms with Crippen LogP contribution in [0.15, 0.2) is 48.8 Å². The van der Waals surface area contributed by atoms with Crippen molar-refractivity contribution in [3.63, 3.8) is 0 Å². The third-order valence-electron chi connectivity index (χ3n) is 4.00. The number of benzene rings is 1. The first-order valence-electron chi connectivity index (χ1n) is 7.39. The monoisotopic (exact) mass is 297 g/mol. The van der Waals surface area contributed by atoms with Gasteiger partial charge in [-0.05, 0) is 36.4 Å². The number of nitrogens with zero attached hydrogens (tertiary/aromatic N) is 2. The topological polar surface area (TPSA) is 54.3 Å². The highest BCUT2D eigenvalue weighted by Crippen LogP contribution is 2.15. The predicted octanol–water partition coefficient (Wildman–Crippen LogP) is 1.69. The molecule has 22 heavy (non-hydrogen) atoms. The highest BCUT2D eigenvalue weighted by atomic mass is 16.2. The molecule has 3 rings (SSSR count). The van der Waals surface area contributed by atoms with Crippen molar-refractivity contribution in [3.8, 4) is 5.69 Å². The van der Waals surface area contributed by atoms with Crippen LogP contribution in [0.2, 0.25) is 0 Å². The molecular formula is C17H19N3O2. The van der Waals surface area contributed by atoms with E-state index in [1.54, 1.807) is 11.9 Å². The van der Waals surface area contributed by atoms with E-state index in [0.29, 0.717) is 25.1 Å². The molecule has 1 aliphatic rings. The molecule has 0 bridgehead atoms. The van der Waals surface area contributed by atoms with Crippen LogP contribution in [0.5, 0.6) is 0 Å². The number of aromatic nitrogens is 1. The van der Waals surface area contributed by atoms with E-state index >= 15 is 0 Å². The van der Waals surface area contributed by atoms with Crippen molar-refractivity contribution >= 4 is 11.8 Å². The Morgan fingerprint density at radius 1 is 1.23 bits per heavy atom. The number of rotatable bonds is 4. The number of hydrogen-bond acceptors (Lipinski definition) is 2. The molecule has 2 amide bonds. The number of carbonyl (C=O) groups excluding carboxylic acids is 2. The molecule has 1 atom stereocenters. The maximum absolute atomic E-state index is 12.1. The first-order chi connectivity index (χ1) is 10.6. The van der Waals surface area contributed by atoms with Crippen molar-refractivity contribution in [2.45, 2.75) is 6.42 Å². The van der Waals surface area contributed by atoms with Crippen LogP contribution in [0.1, 0.15) is 16.8 Å². The minimum Gasteiger partial charge on any atom is -0.352 e. The van der Waals surface area contributed by atoms with Gasteiger partial charge < -0.3 is 14.8 Å². The summed E-state index contributed by atoms with van der Waals surface area (Å²) >= 11 is 0. The minimum atomic E-state index is -0.0962. The summed E-state index contributed by atoms with van der Waals surface area (Å²) in [5.74, 6) is 0.261. The van der Waals surface area contributed by atoms with Crippen molar-refractivity contribution in [2.24, 2.45) is 5.92 Å². The molecule has 0 aliphatic carbocycles. The molecule has 0 radical (unpaired) electrons. The molecule has 2 aromatic rings. The third kappa shape index (κ3) is 3.03. The van der Waals surface area contributed by atoms with E-state index in [9.17, 15) is 9.59 Å². The van der Waals surface area contributed by atoms with Crippen LogP contribution in [0, 0.1) is 5.92 Å². The Bertz CT molecular complexity index is 662. The van der Waals surface area contributed by atoms with Crippen LogP contribution < -0.4 is 5.32 Å². The molecule has 0 spiro atoms. The highest BCUT2D eigenvalue weighted by molar-refractivity contribution is 5.94. The second kappa shape index (κ2) is 6.05. The Hall–Kier alpha value is -2.56. The molecule has 1 fully saturated rings. The number of carbonyl (C=O) groups is 2. The number of likely N-dealkylation sites (tertiary alicyclic amines) is 1. The van der Waals surface area contributed by atoms with Gasteiger partial charge in [0.05, 0.1) is 0 Å². The largest absolute Gasteiger partial charge is 0.352 e. The van der Waals surface area contributed by atoms with E-state index < -0.39 is 0 Å². The van der Waals surface area contributed by atoms with Gasteiger partial charge in [0, 0.05) is 56.1 Å². The summed E-state index contributed by atoms with van der Waals surface area (Å²) < 4.78 is 1.99. The van der Waals surface area contributed by atoms with Gasteiger partial charge in [-0.2, -0.15) is 0 Å².